The third kappa shape index (κ3) is 3.58. The van der Waals surface area contributed by atoms with E-state index in [-0.39, 0.29) is 11.4 Å². The minimum absolute atomic E-state index is 0.0765. The Hall–Kier alpha value is -3.81. The van der Waals surface area contributed by atoms with Crippen molar-refractivity contribution in [3.05, 3.63) is 86.5 Å². The zero-order chi connectivity index (χ0) is 17.8. The molecule has 0 aliphatic heterocycles. The zero-order valence-electron chi connectivity index (χ0n) is 12.8. The summed E-state index contributed by atoms with van der Waals surface area (Å²) in [4.78, 5) is 20.4. The summed E-state index contributed by atoms with van der Waals surface area (Å²) in [5.41, 5.74) is 2.69. The molecule has 0 spiro atoms. The smallest absolute Gasteiger partial charge is 0.272 e. The molecular weight excluding hydrogens is 324 g/mol. The average molecular weight is 336 g/mol. The second kappa shape index (κ2) is 6.75. The molecule has 1 N–H and O–H groups in total. The number of hydrazone groups is 1. The number of benzene rings is 3. The van der Waals surface area contributed by atoms with Crippen LogP contribution in [0.25, 0.3) is 10.8 Å². The van der Waals surface area contributed by atoms with Crippen LogP contribution in [0.15, 0.2) is 65.8 Å². The van der Waals surface area contributed by atoms with Crippen LogP contribution in [0.3, 0.4) is 0 Å². The highest BCUT2D eigenvalue weighted by atomic mass is 16.6. The molecule has 124 valence electrons. The van der Waals surface area contributed by atoms with Gasteiger partial charge in [-0.3, -0.25) is 25.7 Å². The lowest BCUT2D eigenvalue weighted by Gasteiger charge is -2.02. The van der Waals surface area contributed by atoms with Crippen LogP contribution in [0.1, 0.15) is 5.56 Å². The van der Waals surface area contributed by atoms with Gasteiger partial charge < -0.3 is 0 Å². The summed E-state index contributed by atoms with van der Waals surface area (Å²) >= 11 is 0. The second-order valence-electron chi connectivity index (χ2n) is 5.19. The second-order valence-corrected chi connectivity index (χ2v) is 5.19. The first kappa shape index (κ1) is 16.1. The molecule has 0 atom stereocenters. The molecule has 0 aromatic heterocycles. The number of rotatable bonds is 5. The quantitative estimate of drug-likeness (QED) is 0.428. The standard InChI is InChI=1S/C17H12N4O4/c22-20(23)15-7-8-16(17(10-15)21(24)25)19-18-11-12-5-6-13-3-1-2-4-14(13)9-12/h1-11,19H/b18-11-. The van der Waals surface area contributed by atoms with E-state index in [1.165, 1.54) is 18.3 Å². The van der Waals surface area contributed by atoms with Crippen molar-refractivity contribution in [2.45, 2.75) is 0 Å². The maximum Gasteiger partial charge on any atom is 0.301 e. The van der Waals surface area contributed by atoms with Gasteiger partial charge in [0.05, 0.1) is 22.1 Å². The predicted molar refractivity (Wildman–Crippen MR) is 94.9 cm³/mol. The molecule has 0 fully saturated rings. The Morgan fingerprint density at radius 1 is 0.880 bits per heavy atom. The fourth-order valence-electron chi connectivity index (χ4n) is 2.34. The van der Waals surface area contributed by atoms with Gasteiger partial charge in [-0.15, -0.1) is 0 Å². The number of fused-ring (bicyclic) bond motifs is 1. The monoisotopic (exact) mass is 336 g/mol. The molecule has 3 aromatic carbocycles. The molecule has 0 aliphatic rings. The van der Waals surface area contributed by atoms with Crippen molar-refractivity contribution in [2.75, 3.05) is 5.43 Å². The normalized spacial score (nSPS) is 10.9. The van der Waals surface area contributed by atoms with E-state index in [1.54, 1.807) is 0 Å². The molecule has 3 aromatic rings. The summed E-state index contributed by atoms with van der Waals surface area (Å²) in [5, 5.41) is 27.9. The molecule has 0 amide bonds. The van der Waals surface area contributed by atoms with E-state index in [0.29, 0.717) is 0 Å². The number of nitrogens with one attached hydrogen (secondary N) is 1. The number of hydrogen-bond acceptors (Lipinski definition) is 6. The van der Waals surface area contributed by atoms with Gasteiger partial charge in [-0.1, -0.05) is 36.4 Å². The van der Waals surface area contributed by atoms with Crippen molar-refractivity contribution in [1.82, 2.24) is 0 Å². The molecule has 0 radical (unpaired) electrons. The Morgan fingerprint density at radius 2 is 1.64 bits per heavy atom. The fraction of sp³-hybridized carbons (Fsp3) is 0. The van der Waals surface area contributed by atoms with Crippen molar-refractivity contribution < 1.29 is 9.85 Å². The molecule has 0 unspecified atom stereocenters. The van der Waals surface area contributed by atoms with Gasteiger partial charge in [0, 0.05) is 6.07 Å². The van der Waals surface area contributed by atoms with E-state index >= 15 is 0 Å². The first-order valence-electron chi connectivity index (χ1n) is 7.25. The van der Waals surface area contributed by atoms with Crippen LogP contribution in [-0.2, 0) is 0 Å². The third-order valence-electron chi connectivity index (χ3n) is 3.56. The summed E-state index contributed by atoms with van der Waals surface area (Å²) in [5.74, 6) is 0. The van der Waals surface area contributed by atoms with E-state index in [1.807, 2.05) is 42.5 Å². The van der Waals surface area contributed by atoms with Crippen LogP contribution >= 0.6 is 0 Å². The van der Waals surface area contributed by atoms with Gasteiger partial charge >= 0.3 is 5.69 Å². The van der Waals surface area contributed by atoms with E-state index in [9.17, 15) is 20.2 Å². The first-order chi connectivity index (χ1) is 12.0. The molecule has 8 heteroatoms. The largest absolute Gasteiger partial charge is 0.301 e. The first-order valence-corrected chi connectivity index (χ1v) is 7.25. The van der Waals surface area contributed by atoms with Crippen molar-refractivity contribution >= 4 is 34.0 Å². The highest BCUT2D eigenvalue weighted by Crippen LogP contribution is 2.28. The van der Waals surface area contributed by atoms with Crippen molar-refractivity contribution in [2.24, 2.45) is 5.10 Å². The number of anilines is 1. The minimum atomic E-state index is -0.694. The minimum Gasteiger partial charge on any atom is -0.272 e. The molecule has 0 bridgehead atoms. The Balaban J connectivity index is 1.83. The lowest BCUT2D eigenvalue weighted by molar-refractivity contribution is -0.393. The SMILES string of the molecule is O=[N+]([O-])c1ccc(N/N=C\c2ccc3ccccc3c2)c([N+](=O)[O-])c1. The molecule has 0 aliphatic carbocycles. The van der Waals surface area contributed by atoms with E-state index in [4.69, 9.17) is 0 Å². The summed E-state index contributed by atoms with van der Waals surface area (Å²) in [6.07, 6.45) is 1.53. The van der Waals surface area contributed by atoms with Gasteiger partial charge in [-0.25, -0.2) is 0 Å². The maximum atomic E-state index is 11.1. The summed E-state index contributed by atoms with van der Waals surface area (Å²) < 4.78 is 0. The van der Waals surface area contributed by atoms with Crippen LogP contribution in [0.2, 0.25) is 0 Å². The number of non-ortho nitro benzene ring substituents is 1. The molecular formula is C17H12N4O4. The maximum absolute atomic E-state index is 11.1. The van der Waals surface area contributed by atoms with Gasteiger partial charge in [0.25, 0.3) is 5.69 Å². The van der Waals surface area contributed by atoms with E-state index in [0.717, 1.165) is 22.4 Å². The highest BCUT2D eigenvalue weighted by molar-refractivity contribution is 5.90. The van der Waals surface area contributed by atoms with Crippen LogP contribution < -0.4 is 5.43 Å². The zero-order valence-corrected chi connectivity index (χ0v) is 12.8. The van der Waals surface area contributed by atoms with Crippen LogP contribution in [0.4, 0.5) is 17.1 Å². The Morgan fingerprint density at radius 3 is 2.36 bits per heavy atom. The number of nitro benzene ring substituents is 2. The van der Waals surface area contributed by atoms with Gasteiger partial charge in [-0.2, -0.15) is 5.10 Å². The highest BCUT2D eigenvalue weighted by Gasteiger charge is 2.18. The Kier molecular flexibility index (Phi) is 4.34. The Bertz CT molecular complexity index is 1000. The Labute approximate surface area is 141 Å². The lowest BCUT2D eigenvalue weighted by Crippen LogP contribution is -1.98. The average Bonchev–Trinajstić information content (AvgIpc) is 2.61. The summed E-state index contributed by atoms with van der Waals surface area (Å²) in [7, 11) is 0. The van der Waals surface area contributed by atoms with E-state index in [2.05, 4.69) is 10.5 Å². The van der Waals surface area contributed by atoms with Crippen molar-refractivity contribution in [3.63, 3.8) is 0 Å². The van der Waals surface area contributed by atoms with Gasteiger partial charge in [0.15, 0.2) is 0 Å². The van der Waals surface area contributed by atoms with Crippen molar-refractivity contribution in [3.8, 4) is 0 Å². The van der Waals surface area contributed by atoms with Gasteiger partial charge in [0.1, 0.15) is 5.69 Å². The molecule has 0 heterocycles. The third-order valence-corrected chi connectivity index (χ3v) is 3.56. The van der Waals surface area contributed by atoms with Gasteiger partial charge in [0.2, 0.25) is 0 Å². The summed E-state index contributed by atoms with van der Waals surface area (Å²) in [6, 6.07) is 16.9. The number of nitro groups is 2. The molecule has 0 saturated heterocycles. The molecule has 25 heavy (non-hydrogen) atoms. The summed E-state index contributed by atoms with van der Waals surface area (Å²) in [6.45, 7) is 0. The number of nitrogens with zero attached hydrogens (tertiary/aromatic N) is 3. The molecule has 0 saturated carbocycles. The van der Waals surface area contributed by atoms with Crippen molar-refractivity contribution in [1.29, 1.82) is 0 Å². The fourth-order valence-corrected chi connectivity index (χ4v) is 2.34. The molecule has 3 rings (SSSR count). The van der Waals surface area contributed by atoms with Gasteiger partial charge in [-0.05, 0) is 28.5 Å². The topological polar surface area (TPSA) is 111 Å². The molecule has 8 nitrogen and oxygen atoms in total. The van der Waals surface area contributed by atoms with Crippen LogP contribution in [-0.4, -0.2) is 16.1 Å². The predicted octanol–water partition coefficient (Wildman–Crippen LogP) is 4.10. The van der Waals surface area contributed by atoms with Crippen LogP contribution in [0, 0.1) is 20.2 Å². The van der Waals surface area contributed by atoms with E-state index < -0.39 is 15.5 Å². The van der Waals surface area contributed by atoms with Crippen LogP contribution in [0.5, 0.6) is 0 Å². The number of hydrogen-bond donors (Lipinski definition) is 1. The lowest BCUT2D eigenvalue weighted by atomic mass is 10.1.